The van der Waals surface area contributed by atoms with E-state index in [2.05, 4.69) is 5.32 Å². The lowest BCUT2D eigenvalue weighted by molar-refractivity contribution is -0.387. The molecule has 8 nitrogen and oxygen atoms in total. The number of halogens is 1. The lowest BCUT2D eigenvalue weighted by Gasteiger charge is -2.06. The zero-order chi connectivity index (χ0) is 20.3. The van der Waals surface area contributed by atoms with Crippen LogP contribution in [0.4, 0.5) is 15.8 Å². The largest absolute Gasteiger partial charge is 0.464 e. The first-order valence-corrected chi connectivity index (χ1v) is 8.19. The Balaban J connectivity index is 1.56. The van der Waals surface area contributed by atoms with Gasteiger partial charge < -0.3 is 14.5 Å². The molecular weight excluding hydrogens is 371 g/mol. The summed E-state index contributed by atoms with van der Waals surface area (Å²) in [5.74, 6) is -2.36. The minimum Gasteiger partial charge on any atom is -0.464 e. The molecule has 1 N–H and O–H groups in total. The van der Waals surface area contributed by atoms with Crippen molar-refractivity contribution >= 4 is 34.2 Å². The zero-order valence-corrected chi connectivity index (χ0v) is 14.7. The molecule has 1 heterocycles. The molecule has 0 fully saturated rings. The molecule has 0 saturated carbocycles. The maximum absolute atomic E-state index is 13.3. The molecule has 3 aromatic rings. The Morgan fingerprint density at radius 1 is 1.25 bits per heavy atom. The number of nitrogens with zero attached hydrogens (tertiary/aromatic N) is 1. The number of carbonyl (C=O) groups is 2. The predicted molar refractivity (Wildman–Crippen MR) is 97.3 cm³/mol. The van der Waals surface area contributed by atoms with E-state index in [1.165, 1.54) is 12.3 Å². The molecule has 1 aromatic heterocycles. The Bertz CT molecular complexity index is 1080. The van der Waals surface area contributed by atoms with Gasteiger partial charge in [-0.05, 0) is 30.7 Å². The van der Waals surface area contributed by atoms with E-state index < -0.39 is 34.9 Å². The molecule has 0 radical (unpaired) electrons. The molecule has 3 rings (SSSR count). The van der Waals surface area contributed by atoms with E-state index in [4.69, 9.17) is 9.15 Å². The maximum atomic E-state index is 13.3. The normalized spacial score (nSPS) is 10.6. The number of rotatable bonds is 6. The van der Waals surface area contributed by atoms with Gasteiger partial charge in [0, 0.05) is 22.7 Å². The molecule has 0 spiro atoms. The first-order chi connectivity index (χ1) is 13.3. The Hall–Kier alpha value is -3.75. The van der Waals surface area contributed by atoms with E-state index in [1.807, 2.05) is 25.1 Å². The van der Waals surface area contributed by atoms with Crippen molar-refractivity contribution in [1.29, 1.82) is 0 Å². The highest BCUT2D eigenvalue weighted by Crippen LogP contribution is 2.23. The Morgan fingerprint density at radius 3 is 2.79 bits per heavy atom. The molecule has 0 atom stereocenters. The smallest absolute Gasteiger partial charge is 0.310 e. The molecule has 144 valence electrons. The van der Waals surface area contributed by atoms with E-state index in [0.29, 0.717) is 11.1 Å². The van der Waals surface area contributed by atoms with Crippen LogP contribution in [0.15, 0.2) is 47.1 Å². The van der Waals surface area contributed by atoms with E-state index in [1.54, 1.807) is 0 Å². The molecule has 28 heavy (non-hydrogen) atoms. The highest BCUT2D eigenvalue weighted by Gasteiger charge is 2.16. The number of esters is 1. The van der Waals surface area contributed by atoms with Crippen LogP contribution in [-0.4, -0.2) is 23.4 Å². The van der Waals surface area contributed by atoms with Crippen molar-refractivity contribution in [2.75, 3.05) is 11.9 Å². The van der Waals surface area contributed by atoms with Crippen LogP contribution in [0, 0.1) is 22.9 Å². The van der Waals surface area contributed by atoms with Crippen LogP contribution in [0.3, 0.4) is 0 Å². The molecule has 2 aromatic carbocycles. The van der Waals surface area contributed by atoms with Crippen LogP contribution in [-0.2, 0) is 20.7 Å². The van der Waals surface area contributed by atoms with Gasteiger partial charge in [-0.1, -0.05) is 12.1 Å². The van der Waals surface area contributed by atoms with Gasteiger partial charge in [-0.15, -0.1) is 0 Å². The summed E-state index contributed by atoms with van der Waals surface area (Å²) in [4.78, 5) is 33.7. The second-order valence-corrected chi connectivity index (χ2v) is 6.07. The molecule has 0 aliphatic rings. The second kappa shape index (κ2) is 7.87. The van der Waals surface area contributed by atoms with Crippen LogP contribution >= 0.6 is 0 Å². The average Bonchev–Trinajstić information content (AvgIpc) is 3.03. The third-order valence-corrected chi connectivity index (χ3v) is 3.94. The number of benzene rings is 2. The molecular formula is C19H15FN2O6. The highest BCUT2D eigenvalue weighted by atomic mass is 19.1. The molecule has 0 aliphatic carbocycles. The fraction of sp³-hybridized carbons (Fsp3) is 0.158. The lowest BCUT2D eigenvalue weighted by atomic mass is 10.1. The SMILES string of the molecule is Cc1ccc2c(CC(=O)OCC(=O)Nc3ccc(F)c([N+](=O)[O-])c3)coc2c1. The predicted octanol–water partition coefficient (Wildman–Crippen LogP) is 3.51. The van der Waals surface area contributed by atoms with Crippen molar-refractivity contribution in [3.63, 3.8) is 0 Å². The molecule has 1 amide bonds. The minimum atomic E-state index is -1.02. The number of amides is 1. The summed E-state index contributed by atoms with van der Waals surface area (Å²) in [6.07, 6.45) is 1.38. The van der Waals surface area contributed by atoms with Gasteiger partial charge in [0.25, 0.3) is 5.91 Å². The van der Waals surface area contributed by atoms with E-state index >= 15 is 0 Å². The number of nitro groups is 1. The summed E-state index contributed by atoms with van der Waals surface area (Å²) in [7, 11) is 0. The Morgan fingerprint density at radius 2 is 2.04 bits per heavy atom. The number of carbonyl (C=O) groups excluding carboxylic acids is 2. The van der Waals surface area contributed by atoms with Gasteiger partial charge in [0.2, 0.25) is 5.82 Å². The summed E-state index contributed by atoms with van der Waals surface area (Å²) in [5, 5.41) is 13.8. The molecule has 0 saturated heterocycles. The number of fused-ring (bicyclic) bond motifs is 1. The maximum Gasteiger partial charge on any atom is 0.310 e. The van der Waals surface area contributed by atoms with Crippen molar-refractivity contribution in [3.05, 3.63) is 69.7 Å². The highest BCUT2D eigenvalue weighted by molar-refractivity contribution is 5.93. The minimum absolute atomic E-state index is 0.0188. The average molecular weight is 386 g/mol. The second-order valence-electron chi connectivity index (χ2n) is 6.07. The van der Waals surface area contributed by atoms with Gasteiger partial charge >= 0.3 is 11.7 Å². The number of ether oxygens (including phenoxy) is 1. The Labute approximate surface area is 158 Å². The third-order valence-electron chi connectivity index (χ3n) is 3.94. The van der Waals surface area contributed by atoms with Crippen molar-refractivity contribution in [2.45, 2.75) is 13.3 Å². The summed E-state index contributed by atoms with van der Waals surface area (Å²) < 4.78 is 23.6. The number of nitrogens with one attached hydrogen (secondary N) is 1. The standard InChI is InChI=1S/C19H15FN2O6/c1-11-2-4-14-12(9-27-17(14)6-11)7-19(24)28-10-18(23)21-13-3-5-15(20)16(8-13)22(25)26/h2-6,8-9H,7,10H2,1H3,(H,21,23). The zero-order valence-electron chi connectivity index (χ0n) is 14.7. The van der Waals surface area contributed by atoms with Crippen LogP contribution < -0.4 is 5.32 Å². The van der Waals surface area contributed by atoms with Crippen molar-refractivity contribution in [1.82, 2.24) is 0 Å². The van der Waals surface area contributed by atoms with Gasteiger partial charge in [0.05, 0.1) is 17.6 Å². The van der Waals surface area contributed by atoms with Gasteiger partial charge in [-0.3, -0.25) is 19.7 Å². The van der Waals surface area contributed by atoms with Gasteiger partial charge in [-0.25, -0.2) is 0 Å². The molecule has 0 aliphatic heterocycles. The number of nitro benzene ring substituents is 1. The monoisotopic (exact) mass is 386 g/mol. The van der Waals surface area contributed by atoms with Crippen LogP contribution in [0.25, 0.3) is 11.0 Å². The molecule has 0 unspecified atom stereocenters. The van der Waals surface area contributed by atoms with Crippen molar-refractivity contribution in [3.8, 4) is 0 Å². The molecule has 9 heteroatoms. The van der Waals surface area contributed by atoms with Crippen molar-refractivity contribution in [2.24, 2.45) is 0 Å². The summed E-state index contributed by atoms with van der Waals surface area (Å²) in [5.41, 5.74) is 1.56. The quantitative estimate of drug-likeness (QED) is 0.394. The summed E-state index contributed by atoms with van der Waals surface area (Å²) in [6.45, 7) is 1.34. The van der Waals surface area contributed by atoms with E-state index in [-0.39, 0.29) is 12.1 Å². The first kappa shape index (κ1) is 19.0. The number of hydrogen-bond acceptors (Lipinski definition) is 6. The van der Waals surface area contributed by atoms with Gasteiger partial charge in [-0.2, -0.15) is 4.39 Å². The van der Waals surface area contributed by atoms with Crippen LogP contribution in [0.2, 0.25) is 0 Å². The first-order valence-electron chi connectivity index (χ1n) is 8.19. The topological polar surface area (TPSA) is 112 Å². The number of furan rings is 1. The van der Waals surface area contributed by atoms with Crippen molar-refractivity contribution < 1.29 is 28.1 Å². The number of aryl methyl sites for hydroxylation is 1. The van der Waals surface area contributed by atoms with Crippen LogP contribution in [0.5, 0.6) is 0 Å². The van der Waals surface area contributed by atoms with E-state index in [9.17, 15) is 24.1 Å². The van der Waals surface area contributed by atoms with Gasteiger partial charge in [0.15, 0.2) is 6.61 Å². The van der Waals surface area contributed by atoms with E-state index in [0.717, 1.165) is 23.1 Å². The summed E-state index contributed by atoms with van der Waals surface area (Å²) in [6, 6.07) is 8.49. The number of anilines is 1. The summed E-state index contributed by atoms with van der Waals surface area (Å²) >= 11 is 0. The molecule has 0 bridgehead atoms. The van der Waals surface area contributed by atoms with Gasteiger partial charge in [0.1, 0.15) is 5.58 Å². The third kappa shape index (κ3) is 4.32. The fourth-order valence-corrected chi connectivity index (χ4v) is 2.61. The fourth-order valence-electron chi connectivity index (χ4n) is 2.61. The number of hydrogen-bond donors (Lipinski definition) is 1. The lowest BCUT2D eigenvalue weighted by Crippen LogP contribution is -2.21. The van der Waals surface area contributed by atoms with Crippen LogP contribution in [0.1, 0.15) is 11.1 Å². The Kier molecular flexibility index (Phi) is 5.35.